The van der Waals surface area contributed by atoms with E-state index in [1.54, 1.807) is 0 Å². The summed E-state index contributed by atoms with van der Waals surface area (Å²) >= 11 is 6.31. The molecule has 1 saturated heterocycles. The lowest BCUT2D eigenvalue weighted by Gasteiger charge is -2.46. The van der Waals surface area contributed by atoms with E-state index >= 15 is 0 Å². The van der Waals surface area contributed by atoms with Crippen molar-refractivity contribution in [2.24, 2.45) is 0 Å². The molecule has 20 heavy (non-hydrogen) atoms. The molecule has 1 unspecified atom stereocenters. The predicted octanol–water partition coefficient (Wildman–Crippen LogP) is 4.17. The second-order valence-electron chi connectivity index (χ2n) is 6.43. The number of aryl methyl sites for hydroxylation is 1. The van der Waals surface area contributed by atoms with E-state index in [1.165, 1.54) is 37.9 Å². The Morgan fingerprint density at radius 3 is 2.40 bits per heavy atom. The van der Waals surface area contributed by atoms with Crippen LogP contribution in [-0.2, 0) is 0 Å². The first-order valence-electron chi connectivity index (χ1n) is 7.65. The minimum atomic E-state index is 0.0910. The summed E-state index contributed by atoms with van der Waals surface area (Å²) in [5, 5.41) is 4.36. The van der Waals surface area contributed by atoms with E-state index in [0.717, 1.165) is 10.6 Å². The summed E-state index contributed by atoms with van der Waals surface area (Å²) < 4.78 is 0. The van der Waals surface area contributed by atoms with Gasteiger partial charge in [0.15, 0.2) is 0 Å². The molecular weight excluding hydrogens is 268 g/mol. The molecule has 1 aromatic carbocycles. The fourth-order valence-corrected chi connectivity index (χ4v) is 3.56. The van der Waals surface area contributed by atoms with Crippen LogP contribution in [0, 0.1) is 6.92 Å². The highest BCUT2D eigenvalue weighted by atomic mass is 35.5. The first kappa shape index (κ1) is 15.8. The summed E-state index contributed by atoms with van der Waals surface area (Å²) in [6.45, 7) is 9.13. The third-order valence-corrected chi connectivity index (χ3v) is 5.10. The van der Waals surface area contributed by atoms with Gasteiger partial charge in [-0.2, -0.15) is 0 Å². The summed E-state index contributed by atoms with van der Waals surface area (Å²) in [4.78, 5) is 2.62. The quantitative estimate of drug-likeness (QED) is 0.896. The van der Waals surface area contributed by atoms with Crippen molar-refractivity contribution in [2.75, 3.05) is 20.1 Å². The highest BCUT2D eigenvalue weighted by Gasteiger charge is 2.36. The molecule has 3 heteroatoms. The first-order chi connectivity index (χ1) is 9.46. The summed E-state index contributed by atoms with van der Waals surface area (Å²) in [6, 6.07) is 6.73. The highest BCUT2D eigenvalue weighted by Crippen LogP contribution is 2.34. The molecule has 1 aromatic rings. The van der Waals surface area contributed by atoms with Gasteiger partial charge >= 0.3 is 0 Å². The number of piperidine rings is 1. The Morgan fingerprint density at radius 2 is 1.85 bits per heavy atom. The summed E-state index contributed by atoms with van der Waals surface area (Å²) in [6.07, 6.45) is 4.00. The van der Waals surface area contributed by atoms with Gasteiger partial charge in [-0.05, 0) is 70.9 Å². The van der Waals surface area contributed by atoms with Crippen LogP contribution >= 0.6 is 11.6 Å². The molecule has 0 aromatic heterocycles. The molecule has 2 rings (SSSR count). The Morgan fingerprint density at radius 1 is 1.20 bits per heavy atom. The van der Waals surface area contributed by atoms with Gasteiger partial charge in [0, 0.05) is 16.6 Å². The lowest BCUT2D eigenvalue weighted by Crippen LogP contribution is -2.53. The van der Waals surface area contributed by atoms with Gasteiger partial charge in [-0.25, -0.2) is 0 Å². The third-order valence-electron chi connectivity index (χ3n) is 4.70. The second-order valence-corrected chi connectivity index (χ2v) is 6.84. The van der Waals surface area contributed by atoms with Gasteiger partial charge in [0.25, 0.3) is 0 Å². The topological polar surface area (TPSA) is 15.3 Å². The largest absolute Gasteiger partial charge is 0.311 e. The van der Waals surface area contributed by atoms with Crippen molar-refractivity contribution in [1.29, 1.82) is 0 Å². The maximum absolute atomic E-state index is 6.31. The molecule has 1 aliphatic heterocycles. The third kappa shape index (κ3) is 3.19. The molecule has 0 spiro atoms. The normalized spacial score (nSPS) is 19.1. The van der Waals surface area contributed by atoms with Crippen molar-refractivity contribution in [1.82, 2.24) is 10.2 Å². The molecule has 1 aliphatic rings. The van der Waals surface area contributed by atoms with E-state index in [0.29, 0.717) is 6.04 Å². The van der Waals surface area contributed by atoms with Crippen LogP contribution in [0.5, 0.6) is 0 Å². The fourth-order valence-electron chi connectivity index (χ4n) is 3.37. The van der Waals surface area contributed by atoms with Crippen molar-refractivity contribution < 1.29 is 0 Å². The number of likely N-dealkylation sites (N-methyl/N-ethyl adjacent to an activating group) is 1. The molecule has 0 radical (unpaired) electrons. The van der Waals surface area contributed by atoms with Crippen molar-refractivity contribution in [3.05, 3.63) is 34.3 Å². The Balaban J connectivity index is 2.27. The highest BCUT2D eigenvalue weighted by molar-refractivity contribution is 6.31. The van der Waals surface area contributed by atoms with Crippen LogP contribution in [0.25, 0.3) is 0 Å². The average molecular weight is 295 g/mol. The zero-order chi connectivity index (χ0) is 14.8. The van der Waals surface area contributed by atoms with Crippen LogP contribution in [0.1, 0.15) is 50.3 Å². The Bertz CT molecular complexity index is 450. The van der Waals surface area contributed by atoms with Crippen molar-refractivity contribution in [2.45, 2.75) is 51.6 Å². The van der Waals surface area contributed by atoms with Gasteiger partial charge in [-0.1, -0.05) is 30.2 Å². The fraction of sp³-hybridized carbons (Fsp3) is 0.647. The number of hydrogen-bond acceptors (Lipinski definition) is 2. The Hall–Kier alpha value is -0.570. The van der Waals surface area contributed by atoms with Crippen molar-refractivity contribution >= 4 is 11.6 Å². The lowest BCUT2D eigenvalue weighted by atomic mass is 9.85. The Kier molecular flexibility index (Phi) is 5.11. The monoisotopic (exact) mass is 294 g/mol. The zero-order valence-corrected chi connectivity index (χ0v) is 13.9. The number of halogens is 1. The number of rotatable bonds is 4. The van der Waals surface area contributed by atoms with Gasteiger partial charge in [0.2, 0.25) is 0 Å². The zero-order valence-electron chi connectivity index (χ0n) is 13.2. The van der Waals surface area contributed by atoms with E-state index < -0.39 is 0 Å². The summed E-state index contributed by atoms with van der Waals surface area (Å²) in [5.74, 6) is 0. The van der Waals surface area contributed by atoms with E-state index in [1.807, 2.05) is 7.05 Å². The van der Waals surface area contributed by atoms with E-state index in [-0.39, 0.29) is 5.54 Å². The van der Waals surface area contributed by atoms with E-state index in [2.05, 4.69) is 49.2 Å². The number of hydrogen-bond donors (Lipinski definition) is 1. The molecule has 1 fully saturated rings. The van der Waals surface area contributed by atoms with Crippen LogP contribution in [-0.4, -0.2) is 30.6 Å². The minimum absolute atomic E-state index is 0.0910. The molecule has 2 nitrogen and oxygen atoms in total. The molecule has 112 valence electrons. The number of nitrogens with one attached hydrogen (secondary N) is 1. The van der Waals surface area contributed by atoms with Crippen molar-refractivity contribution in [3.8, 4) is 0 Å². The van der Waals surface area contributed by atoms with Crippen LogP contribution in [0.4, 0.5) is 0 Å². The van der Waals surface area contributed by atoms with Gasteiger partial charge < -0.3 is 5.32 Å². The smallest absolute Gasteiger partial charge is 0.0499 e. The summed E-state index contributed by atoms with van der Waals surface area (Å²) in [5.41, 5.74) is 2.51. The first-order valence-corrected chi connectivity index (χ1v) is 8.03. The Labute approximate surface area is 128 Å². The predicted molar refractivity (Wildman–Crippen MR) is 87.5 cm³/mol. The van der Waals surface area contributed by atoms with Crippen LogP contribution < -0.4 is 5.32 Å². The van der Waals surface area contributed by atoms with Gasteiger partial charge in [-0.3, -0.25) is 4.90 Å². The number of nitrogens with zero attached hydrogens (tertiary/aromatic N) is 1. The molecule has 0 saturated carbocycles. The molecular formula is C17H27ClN2. The van der Waals surface area contributed by atoms with Gasteiger partial charge in [0.1, 0.15) is 0 Å². The van der Waals surface area contributed by atoms with Crippen LogP contribution in [0.3, 0.4) is 0 Å². The van der Waals surface area contributed by atoms with E-state index in [4.69, 9.17) is 11.6 Å². The van der Waals surface area contributed by atoms with Gasteiger partial charge in [-0.15, -0.1) is 0 Å². The average Bonchev–Trinajstić information content (AvgIpc) is 2.44. The molecule has 0 bridgehead atoms. The summed E-state index contributed by atoms with van der Waals surface area (Å²) in [7, 11) is 2.05. The molecule has 0 aliphatic carbocycles. The van der Waals surface area contributed by atoms with Gasteiger partial charge in [0.05, 0.1) is 0 Å². The maximum Gasteiger partial charge on any atom is 0.0499 e. The second kappa shape index (κ2) is 6.46. The number of likely N-dealkylation sites (tertiary alicyclic amines) is 1. The lowest BCUT2D eigenvalue weighted by molar-refractivity contribution is 0.0633. The maximum atomic E-state index is 6.31. The molecule has 1 N–H and O–H groups in total. The standard InChI is InChI=1S/C17H27ClN2/c1-13-8-9-14(12-15(13)18)16(19-4)17(2,3)20-10-6-5-7-11-20/h8-9,12,16,19H,5-7,10-11H2,1-4H3. The van der Waals surface area contributed by atoms with Crippen molar-refractivity contribution in [3.63, 3.8) is 0 Å². The minimum Gasteiger partial charge on any atom is -0.311 e. The molecule has 1 heterocycles. The van der Waals surface area contributed by atoms with Crippen LogP contribution in [0.2, 0.25) is 5.02 Å². The number of benzene rings is 1. The SMILES string of the molecule is CNC(c1ccc(C)c(Cl)c1)C(C)(C)N1CCCCC1. The molecule has 1 atom stereocenters. The van der Waals surface area contributed by atoms with Crippen LogP contribution in [0.15, 0.2) is 18.2 Å². The van der Waals surface area contributed by atoms with E-state index in [9.17, 15) is 0 Å². The molecule has 0 amide bonds.